The van der Waals surface area contributed by atoms with E-state index in [0.29, 0.717) is 17.1 Å². The van der Waals surface area contributed by atoms with E-state index in [9.17, 15) is 13.6 Å². The minimum absolute atomic E-state index is 0.0993. The lowest BCUT2D eigenvalue weighted by Gasteiger charge is -2.37. The van der Waals surface area contributed by atoms with Crippen molar-refractivity contribution in [3.8, 4) is 0 Å². The molecule has 0 bridgehead atoms. The summed E-state index contributed by atoms with van der Waals surface area (Å²) in [6.07, 6.45) is 0.497. The molecule has 1 saturated heterocycles. The van der Waals surface area contributed by atoms with Crippen LogP contribution in [0.5, 0.6) is 0 Å². The van der Waals surface area contributed by atoms with Gasteiger partial charge in [0.15, 0.2) is 5.11 Å². The second kappa shape index (κ2) is 5.60. The van der Waals surface area contributed by atoms with E-state index >= 15 is 0 Å². The highest BCUT2D eigenvalue weighted by Crippen LogP contribution is 2.43. The molecule has 2 aromatic carbocycles. The molecule has 7 heteroatoms. The Balaban J connectivity index is 1.80. The van der Waals surface area contributed by atoms with Crippen LogP contribution in [-0.4, -0.2) is 38.9 Å². The average Bonchev–Trinajstić information content (AvgIpc) is 3.11. The fourth-order valence-corrected chi connectivity index (χ4v) is 4.61. The molecule has 0 aliphatic carbocycles. The van der Waals surface area contributed by atoms with Crippen molar-refractivity contribution in [2.75, 3.05) is 7.05 Å². The second-order valence-corrected chi connectivity index (χ2v) is 7.34. The number of hydrogen-bond acceptors (Lipinski definition) is 2. The van der Waals surface area contributed by atoms with Crippen molar-refractivity contribution in [1.29, 1.82) is 0 Å². The van der Waals surface area contributed by atoms with Crippen molar-refractivity contribution in [2.24, 2.45) is 0 Å². The van der Waals surface area contributed by atoms with Gasteiger partial charge in [-0.3, -0.25) is 9.69 Å². The molecule has 2 atom stereocenters. The second-order valence-electron chi connectivity index (χ2n) is 6.98. The Bertz CT molecular complexity index is 1110. The normalized spacial score (nSPS) is 21.7. The number of nitrogens with one attached hydrogen (secondary N) is 1. The van der Waals surface area contributed by atoms with Crippen LogP contribution in [0, 0.1) is 11.6 Å². The molecule has 0 spiro atoms. The molecule has 3 aromatic rings. The molecule has 0 saturated carbocycles. The third kappa shape index (κ3) is 2.24. The summed E-state index contributed by atoms with van der Waals surface area (Å²) in [4.78, 5) is 19.4. The topological polar surface area (TPSA) is 39.3 Å². The fraction of sp³-hybridized carbons (Fsp3) is 0.200. The number of rotatable bonds is 1. The molecule has 2 aliphatic heterocycles. The third-order valence-corrected chi connectivity index (χ3v) is 5.94. The van der Waals surface area contributed by atoms with Crippen LogP contribution in [-0.2, 0) is 11.2 Å². The number of aromatic amines is 1. The first-order chi connectivity index (χ1) is 13.0. The van der Waals surface area contributed by atoms with E-state index in [-0.39, 0.29) is 5.91 Å². The highest BCUT2D eigenvalue weighted by molar-refractivity contribution is 7.80. The van der Waals surface area contributed by atoms with Gasteiger partial charge in [0.1, 0.15) is 17.7 Å². The van der Waals surface area contributed by atoms with Crippen molar-refractivity contribution >= 4 is 34.1 Å². The quantitative estimate of drug-likeness (QED) is 0.654. The van der Waals surface area contributed by atoms with Gasteiger partial charge in [-0.15, -0.1) is 0 Å². The zero-order valence-electron chi connectivity index (χ0n) is 14.4. The van der Waals surface area contributed by atoms with Gasteiger partial charge in [0.05, 0.1) is 6.04 Å². The molecule has 1 amide bonds. The van der Waals surface area contributed by atoms with E-state index in [4.69, 9.17) is 12.2 Å². The summed E-state index contributed by atoms with van der Waals surface area (Å²) in [5, 5.41) is 1.38. The van der Waals surface area contributed by atoms with Crippen LogP contribution in [0.3, 0.4) is 0 Å². The first-order valence-electron chi connectivity index (χ1n) is 8.61. The van der Waals surface area contributed by atoms with E-state index < -0.39 is 23.7 Å². The molecular formula is C20H15F2N3OS. The summed E-state index contributed by atoms with van der Waals surface area (Å²) in [5.41, 5.74) is 3.17. The number of likely N-dealkylation sites (N-methyl/N-ethyl adjacent to an activating group) is 1. The van der Waals surface area contributed by atoms with Crippen molar-refractivity contribution in [3.05, 3.63) is 70.9 Å². The van der Waals surface area contributed by atoms with Crippen LogP contribution in [0.25, 0.3) is 10.9 Å². The minimum atomic E-state index is -0.658. The number of benzene rings is 2. The summed E-state index contributed by atoms with van der Waals surface area (Å²) in [6, 6.07) is 10.2. The molecule has 1 fully saturated rings. The molecule has 1 aromatic heterocycles. The van der Waals surface area contributed by atoms with Gasteiger partial charge in [-0.05, 0) is 41.5 Å². The van der Waals surface area contributed by atoms with Crippen LogP contribution in [0.1, 0.15) is 22.9 Å². The number of H-pyrrole nitrogens is 1. The summed E-state index contributed by atoms with van der Waals surface area (Å²) in [7, 11) is 1.64. The predicted molar refractivity (Wildman–Crippen MR) is 101 cm³/mol. The maximum atomic E-state index is 14.0. The summed E-state index contributed by atoms with van der Waals surface area (Å²) >= 11 is 5.50. The van der Waals surface area contributed by atoms with Crippen molar-refractivity contribution < 1.29 is 13.6 Å². The van der Waals surface area contributed by atoms with E-state index in [1.54, 1.807) is 11.9 Å². The van der Waals surface area contributed by atoms with Crippen LogP contribution in [0.4, 0.5) is 8.78 Å². The number of aromatic nitrogens is 1. The number of carbonyl (C=O) groups is 1. The molecule has 1 N–H and O–H groups in total. The lowest BCUT2D eigenvalue weighted by molar-refractivity contribution is -0.127. The number of amides is 1. The average molecular weight is 383 g/mol. The largest absolute Gasteiger partial charge is 0.356 e. The van der Waals surface area contributed by atoms with Crippen molar-refractivity contribution in [3.63, 3.8) is 0 Å². The molecule has 136 valence electrons. The fourth-order valence-electron chi connectivity index (χ4n) is 4.29. The molecule has 0 unspecified atom stereocenters. The van der Waals surface area contributed by atoms with Gasteiger partial charge in [-0.1, -0.05) is 18.2 Å². The van der Waals surface area contributed by atoms with Gasteiger partial charge in [-0.2, -0.15) is 0 Å². The van der Waals surface area contributed by atoms with Crippen molar-refractivity contribution in [1.82, 2.24) is 14.8 Å². The zero-order chi connectivity index (χ0) is 18.9. The Morgan fingerprint density at radius 3 is 2.59 bits per heavy atom. The lowest BCUT2D eigenvalue weighted by atomic mass is 9.89. The summed E-state index contributed by atoms with van der Waals surface area (Å²) < 4.78 is 28.0. The Kier molecular flexibility index (Phi) is 3.40. The maximum Gasteiger partial charge on any atom is 0.251 e. The standard InChI is InChI=1S/C20H15F2N3OS/c1-24-19(26)16-9-14-13-4-2-3-5-15(13)23-17(14)18(25(16)20(24)27)10-6-11(21)8-12(22)7-10/h2-8,16,18,23H,9H2,1H3/t16-,18+/m0/s1. The van der Waals surface area contributed by atoms with Crippen LogP contribution in [0.15, 0.2) is 42.5 Å². The third-order valence-electron chi connectivity index (χ3n) is 5.46. The highest BCUT2D eigenvalue weighted by Gasteiger charge is 2.49. The first-order valence-corrected chi connectivity index (χ1v) is 9.02. The van der Waals surface area contributed by atoms with Crippen LogP contribution in [0.2, 0.25) is 0 Å². The molecule has 0 radical (unpaired) electrons. The SMILES string of the molecule is CN1C(=O)[C@@H]2Cc3c([nH]c4ccccc34)[C@@H](c3cc(F)cc(F)c3)N2C1=S. The van der Waals surface area contributed by atoms with E-state index in [1.807, 2.05) is 24.3 Å². The molecule has 3 heterocycles. The monoisotopic (exact) mass is 383 g/mol. The Hall–Kier alpha value is -2.80. The predicted octanol–water partition coefficient (Wildman–Crippen LogP) is 3.52. The molecule has 27 heavy (non-hydrogen) atoms. The van der Waals surface area contributed by atoms with Gasteiger partial charge in [0, 0.05) is 36.1 Å². The Morgan fingerprint density at radius 1 is 1.15 bits per heavy atom. The van der Waals surface area contributed by atoms with E-state index in [0.717, 1.165) is 28.2 Å². The summed E-state index contributed by atoms with van der Waals surface area (Å²) in [6.45, 7) is 0. The molecule has 5 rings (SSSR count). The first kappa shape index (κ1) is 16.4. The smallest absolute Gasteiger partial charge is 0.251 e. The number of thiocarbonyl (C=S) groups is 1. The van der Waals surface area contributed by atoms with E-state index in [2.05, 4.69) is 4.98 Å². The molecule has 4 nitrogen and oxygen atoms in total. The van der Waals surface area contributed by atoms with Gasteiger partial charge in [-0.25, -0.2) is 8.78 Å². The minimum Gasteiger partial charge on any atom is -0.356 e. The molecular weight excluding hydrogens is 368 g/mol. The van der Waals surface area contributed by atoms with Gasteiger partial charge >= 0.3 is 0 Å². The number of halogens is 2. The maximum absolute atomic E-state index is 14.0. The van der Waals surface area contributed by atoms with Gasteiger partial charge < -0.3 is 9.88 Å². The van der Waals surface area contributed by atoms with Crippen LogP contribution >= 0.6 is 12.2 Å². The number of para-hydroxylation sites is 1. The number of fused-ring (bicyclic) bond motifs is 4. The zero-order valence-corrected chi connectivity index (χ0v) is 15.2. The van der Waals surface area contributed by atoms with E-state index in [1.165, 1.54) is 17.0 Å². The highest BCUT2D eigenvalue weighted by atomic mass is 32.1. The number of carbonyl (C=O) groups excluding carboxylic acids is 1. The summed E-state index contributed by atoms with van der Waals surface area (Å²) in [5.74, 6) is -1.41. The Morgan fingerprint density at radius 2 is 1.85 bits per heavy atom. The molecule has 2 aliphatic rings. The van der Waals surface area contributed by atoms with Crippen LogP contribution < -0.4 is 0 Å². The number of hydrogen-bond donors (Lipinski definition) is 1. The lowest BCUT2D eigenvalue weighted by Crippen LogP contribution is -2.44. The van der Waals surface area contributed by atoms with Crippen molar-refractivity contribution in [2.45, 2.75) is 18.5 Å². The van der Waals surface area contributed by atoms with Gasteiger partial charge in [0.25, 0.3) is 5.91 Å². The Labute approximate surface area is 159 Å². The number of nitrogens with zero attached hydrogens (tertiary/aromatic N) is 2. The van der Waals surface area contributed by atoms with Gasteiger partial charge in [0.2, 0.25) is 0 Å².